The Morgan fingerprint density at radius 2 is 1.86 bits per heavy atom. The average Bonchev–Trinajstić information content (AvgIpc) is 2.90. The van der Waals surface area contributed by atoms with Crippen molar-refractivity contribution in [3.05, 3.63) is 111 Å². The fraction of sp³-hybridized carbons (Fsp3) is 0.138. The summed E-state index contributed by atoms with van der Waals surface area (Å²) < 4.78 is 11.9. The molecule has 0 unspecified atom stereocenters. The van der Waals surface area contributed by atoms with Gasteiger partial charge in [-0.25, -0.2) is 0 Å². The number of amides is 1. The molecule has 3 rings (SSSR count). The predicted molar refractivity (Wildman–Crippen MR) is 142 cm³/mol. The molecular formula is C29H24BrN3O3. The molecule has 0 aliphatic heterocycles. The lowest BCUT2D eigenvalue weighted by atomic mass is 10.0. The molecule has 3 aromatic rings. The minimum Gasteiger partial charge on any atom is -0.497 e. The van der Waals surface area contributed by atoms with Crippen molar-refractivity contribution in [2.24, 2.45) is 0 Å². The van der Waals surface area contributed by atoms with E-state index in [4.69, 9.17) is 9.47 Å². The van der Waals surface area contributed by atoms with Crippen molar-refractivity contribution in [2.45, 2.75) is 19.6 Å². The standard InChI is InChI=1S/C29H24BrN3O3/c1-3-6-22-13-21(15-27(30)28(22)36-19-24-8-5-4-7-23(24)16-31)14-25(17-32)29(34)33-18-20-9-11-26(35-2)12-10-20/h3-5,7-15H,1,6,18-19H2,2H3,(H,33,34)/b25-14-. The van der Waals surface area contributed by atoms with Crippen molar-refractivity contribution in [2.75, 3.05) is 7.11 Å². The van der Waals surface area contributed by atoms with Crippen LogP contribution in [0.3, 0.4) is 0 Å². The highest BCUT2D eigenvalue weighted by Gasteiger charge is 2.14. The van der Waals surface area contributed by atoms with Crippen molar-refractivity contribution in [1.82, 2.24) is 5.32 Å². The molecule has 1 N–H and O–H groups in total. The number of methoxy groups -OCH3 is 1. The first-order valence-corrected chi connectivity index (χ1v) is 11.8. The van der Waals surface area contributed by atoms with Gasteiger partial charge in [0.2, 0.25) is 0 Å². The summed E-state index contributed by atoms with van der Waals surface area (Å²) in [6.45, 7) is 4.32. The number of carbonyl (C=O) groups excluding carboxylic acids is 1. The summed E-state index contributed by atoms with van der Waals surface area (Å²) in [5.41, 5.74) is 3.70. The summed E-state index contributed by atoms with van der Waals surface area (Å²) in [6.07, 6.45) is 3.80. The Kier molecular flexibility index (Phi) is 9.45. The maximum atomic E-state index is 12.7. The second kappa shape index (κ2) is 12.9. The molecule has 0 saturated heterocycles. The molecule has 180 valence electrons. The van der Waals surface area contributed by atoms with E-state index in [9.17, 15) is 15.3 Å². The third kappa shape index (κ3) is 6.85. The lowest BCUT2D eigenvalue weighted by Crippen LogP contribution is -2.23. The van der Waals surface area contributed by atoms with Crippen LogP contribution in [0.25, 0.3) is 6.08 Å². The van der Waals surface area contributed by atoms with Crippen molar-refractivity contribution < 1.29 is 14.3 Å². The zero-order valence-electron chi connectivity index (χ0n) is 19.8. The Morgan fingerprint density at radius 3 is 2.53 bits per heavy atom. The molecule has 0 bridgehead atoms. The van der Waals surface area contributed by atoms with Crippen LogP contribution in [0.1, 0.15) is 27.8 Å². The highest BCUT2D eigenvalue weighted by atomic mass is 79.9. The lowest BCUT2D eigenvalue weighted by molar-refractivity contribution is -0.117. The molecule has 0 aromatic heterocycles. The number of benzene rings is 3. The molecule has 0 heterocycles. The number of halogens is 1. The van der Waals surface area contributed by atoms with E-state index in [-0.39, 0.29) is 18.7 Å². The van der Waals surface area contributed by atoms with Crippen LogP contribution < -0.4 is 14.8 Å². The number of hydrogen-bond donors (Lipinski definition) is 1. The molecular weight excluding hydrogens is 518 g/mol. The van der Waals surface area contributed by atoms with Crippen LogP contribution in [0.5, 0.6) is 11.5 Å². The van der Waals surface area contributed by atoms with Crippen LogP contribution in [0.4, 0.5) is 0 Å². The SMILES string of the molecule is C=CCc1cc(/C=C(/C#N)C(=O)NCc2ccc(OC)cc2)cc(Br)c1OCc1ccccc1C#N. The normalized spacial score (nSPS) is 10.6. The minimum absolute atomic E-state index is 0.0171. The number of ether oxygens (including phenoxy) is 2. The van der Waals surface area contributed by atoms with Crippen LogP contribution in [0.2, 0.25) is 0 Å². The highest BCUT2D eigenvalue weighted by Crippen LogP contribution is 2.33. The molecule has 0 radical (unpaired) electrons. The first-order valence-electron chi connectivity index (χ1n) is 11.1. The first kappa shape index (κ1) is 26.3. The predicted octanol–water partition coefficient (Wildman–Crippen LogP) is 5.86. The smallest absolute Gasteiger partial charge is 0.262 e. The van der Waals surface area contributed by atoms with Gasteiger partial charge in [0.25, 0.3) is 5.91 Å². The van der Waals surface area contributed by atoms with E-state index in [1.807, 2.05) is 54.6 Å². The second-order valence-corrected chi connectivity index (χ2v) is 8.60. The molecule has 6 nitrogen and oxygen atoms in total. The molecule has 0 fully saturated rings. The zero-order valence-corrected chi connectivity index (χ0v) is 21.3. The maximum absolute atomic E-state index is 12.7. The van der Waals surface area contributed by atoms with Gasteiger partial charge in [-0.15, -0.1) is 6.58 Å². The minimum atomic E-state index is -0.469. The van der Waals surface area contributed by atoms with Gasteiger partial charge in [-0.1, -0.05) is 36.4 Å². The van der Waals surface area contributed by atoms with Gasteiger partial charge in [-0.2, -0.15) is 10.5 Å². The number of rotatable bonds is 10. The van der Waals surface area contributed by atoms with Crippen molar-refractivity contribution in [3.63, 3.8) is 0 Å². The molecule has 1 amide bonds. The maximum Gasteiger partial charge on any atom is 0.262 e. The topological polar surface area (TPSA) is 95.1 Å². The van der Waals surface area contributed by atoms with Gasteiger partial charge < -0.3 is 14.8 Å². The number of nitriles is 2. The largest absolute Gasteiger partial charge is 0.497 e. The molecule has 3 aromatic carbocycles. The van der Waals surface area contributed by atoms with Crippen LogP contribution in [-0.2, 0) is 24.4 Å². The Labute approximate surface area is 219 Å². The van der Waals surface area contributed by atoms with Crippen LogP contribution >= 0.6 is 15.9 Å². The Morgan fingerprint density at radius 1 is 1.11 bits per heavy atom. The van der Waals surface area contributed by atoms with Gasteiger partial charge in [-0.05, 0) is 75.4 Å². The van der Waals surface area contributed by atoms with E-state index in [1.165, 1.54) is 6.08 Å². The third-order valence-corrected chi connectivity index (χ3v) is 5.89. The van der Waals surface area contributed by atoms with E-state index >= 15 is 0 Å². The van der Waals surface area contributed by atoms with Crippen molar-refractivity contribution in [1.29, 1.82) is 10.5 Å². The number of carbonyl (C=O) groups is 1. The van der Waals surface area contributed by atoms with E-state index < -0.39 is 5.91 Å². The van der Waals surface area contributed by atoms with Crippen molar-refractivity contribution >= 4 is 27.9 Å². The average molecular weight is 542 g/mol. The summed E-state index contributed by atoms with van der Waals surface area (Å²) in [7, 11) is 1.59. The van der Waals surface area contributed by atoms with Gasteiger partial charge >= 0.3 is 0 Å². The van der Waals surface area contributed by atoms with Crippen molar-refractivity contribution in [3.8, 4) is 23.6 Å². The van der Waals surface area contributed by atoms with Gasteiger partial charge in [0.1, 0.15) is 29.7 Å². The summed E-state index contributed by atoms with van der Waals surface area (Å²) in [5.74, 6) is 0.871. The molecule has 36 heavy (non-hydrogen) atoms. The molecule has 0 spiro atoms. The zero-order chi connectivity index (χ0) is 25.9. The highest BCUT2D eigenvalue weighted by molar-refractivity contribution is 9.10. The summed E-state index contributed by atoms with van der Waals surface area (Å²) >= 11 is 3.55. The van der Waals surface area contributed by atoms with E-state index in [1.54, 1.807) is 25.3 Å². The Balaban J connectivity index is 1.79. The van der Waals surface area contributed by atoms with Gasteiger partial charge in [0.05, 0.1) is 23.2 Å². The monoisotopic (exact) mass is 541 g/mol. The first-order chi connectivity index (χ1) is 17.5. The van der Waals surface area contributed by atoms with E-state index in [0.29, 0.717) is 27.8 Å². The van der Waals surface area contributed by atoms with Crippen LogP contribution in [0.15, 0.2) is 83.4 Å². The number of hydrogen-bond acceptors (Lipinski definition) is 5. The molecule has 0 saturated carbocycles. The summed E-state index contributed by atoms with van der Waals surface area (Å²) in [6, 6.07) is 22.4. The summed E-state index contributed by atoms with van der Waals surface area (Å²) in [5, 5.41) is 21.7. The van der Waals surface area contributed by atoms with Crippen LogP contribution in [-0.4, -0.2) is 13.0 Å². The quantitative estimate of drug-likeness (QED) is 0.197. The van der Waals surface area contributed by atoms with Gasteiger partial charge in [0.15, 0.2) is 0 Å². The van der Waals surface area contributed by atoms with Crippen LogP contribution in [0, 0.1) is 22.7 Å². The molecule has 0 aliphatic carbocycles. The number of allylic oxidation sites excluding steroid dienone is 1. The Bertz CT molecular complexity index is 1370. The summed E-state index contributed by atoms with van der Waals surface area (Å²) in [4.78, 5) is 12.7. The fourth-order valence-corrected chi connectivity index (χ4v) is 4.10. The number of nitrogens with one attached hydrogen (secondary N) is 1. The van der Waals surface area contributed by atoms with E-state index in [2.05, 4.69) is 33.9 Å². The fourth-order valence-electron chi connectivity index (χ4n) is 3.47. The van der Waals surface area contributed by atoms with Gasteiger partial charge in [-0.3, -0.25) is 4.79 Å². The Hall–Kier alpha value is -4.33. The molecule has 7 heteroatoms. The van der Waals surface area contributed by atoms with Gasteiger partial charge in [0, 0.05) is 12.1 Å². The third-order valence-electron chi connectivity index (χ3n) is 5.31. The van der Waals surface area contributed by atoms with E-state index in [0.717, 1.165) is 22.4 Å². The number of nitrogens with zero attached hydrogens (tertiary/aromatic N) is 2. The molecule has 0 atom stereocenters. The lowest BCUT2D eigenvalue weighted by Gasteiger charge is -2.15. The second-order valence-electron chi connectivity index (χ2n) is 7.74. The molecule has 0 aliphatic rings.